The quantitative estimate of drug-likeness (QED) is 0.607. The van der Waals surface area contributed by atoms with Crippen LogP contribution in [0.5, 0.6) is 5.75 Å². The average Bonchev–Trinajstić information content (AvgIpc) is 2.86. The van der Waals surface area contributed by atoms with Gasteiger partial charge in [0.15, 0.2) is 0 Å². The average molecular weight is 354 g/mol. The van der Waals surface area contributed by atoms with Gasteiger partial charge in [0, 0.05) is 10.6 Å². The highest BCUT2D eigenvalue weighted by Gasteiger charge is 2.15. The molecule has 122 valence electrons. The molecule has 1 aromatic heterocycles. The Balaban J connectivity index is 2.38. The largest absolute Gasteiger partial charge is 0.490 e. The molecule has 0 aliphatic carbocycles. The number of aromatic amines is 1. The number of benzene rings is 1. The Hall–Kier alpha value is -1.99. The Bertz CT molecular complexity index is 743. The van der Waals surface area contributed by atoms with Crippen molar-refractivity contribution in [3.8, 4) is 5.75 Å². The van der Waals surface area contributed by atoms with Crippen molar-refractivity contribution >= 4 is 35.4 Å². The van der Waals surface area contributed by atoms with Gasteiger partial charge in [0.05, 0.1) is 6.10 Å². The summed E-state index contributed by atoms with van der Waals surface area (Å²) < 4.78 is 5.69. The molecule has 0 atom stereocenters. The third kappa shape index (κ3) is 5.01. The number of ether oxygens (including phenoxy) is 1. The fourth-order valence-corrected chi connectivity index (χ4v) is 2.66. The summed E-state index contributed by atoms with van der Waals surface area (Å²) in [6, 6.07) is 5.07. The number of hydrogen-bond acceptors (Lipinski definition) is 5. The monoisotopic (exact) mass is 353 g/mol. The summed E-state index contributed by atoms with van der Waals surface area (Å²) in [5.41, 5.74) is 0.586. The summed E-state index contributed by atoms with van der Waals surface area (Å²) in [5, 5.41) is 16.9. The van der Waals surface area contributed by atoms with E-state index in [1.807, 2.05) is 13.8 Å². The predicted octanol–water partition coefficient (Wildman–Crippen LogP) is 3.77. The van der Waals surface area contributed by atoms with Crippen LogP contribution in [0.1, 0.15) is 25.2 Å². The van der Waals surface area contributed by atoms with Crippen molar-refractivity contribution in [1.29, 1.82) is 0 Å². The van der Waals surface area contributed by atoms with E-state index in [1.165, 1.54) is 6.08 Å². The number of aromatic nitrogens is 3. The maximum Gasteiger partial charge on any atom is 0.342 e. The molecule has 0 radical (unpaired) electrons. The zero-order valence-corrected chi connectivity index (χ0v) is 14.4. The van der Waals surface area contributed by atoms with E-state index in [0.29, 0.717) is 27.3 Å². The van der Waals surface area contributed by atoms with Crippen LogP contribution in [0.15, 0.2) is 28.3 Å². The van der Waals surface area contributed by atoms with Crippen molar-refractivity contribution in [3.05, 3.63) is 39.5 Å². The lowest BCUT2D eigenvalue weighted by atomic mass is 10.2. The molecule has 6 nitrogen and oxygen atoms in total. The van der Waals surface area contributed by atoms with Gasteiger partial charge in [0.1, 0.15) is 16.5 Å². The van der Waals surface area contributed by atoms with Crippen molar-refractivity contribution < 1.29 is 14.6 Å². The molecule has 0 spiro atoms. The van der Waals surface area contributed by atoms with Crippen LogP contribution in [0.3, 0.4) is 0 Å². The molecule has 0 amide bonds. The highest BCUT2D eigenvalue weighted by Crippen LogP contribution is 2.31. The SMILES string of the molecule is Cc1nc(S/C(=C/c2cc(Cl)ccc2OC(C)C)C(=O)O)n[nH]1. The fourth-order valence-electron chi connectivity index (χ4n) is 1.74. The maximum atomic E-state index is 11.5. The number of H-pyrrole nitrogens is 1. The van der Waals surface area contributed by atoms with Gasteiger partial charge in [-0.1, -0.05) is 11.6 Å². The number of rotatable bonds is 6. The summed E-state index contributed by atoms with van der Waals surface area (Å²) in [6.45, 7) is 5.53. The topological polar surface area (TPSA) is 88.1 Å². The molecule has 0 aliphatic rings. The van der Waals surface area contributed by atoms with Crippen LogP contribution >= 0.6 is 23.4 Å². The van der Waals surface area contributed by atoms with Crippen LogP contribution < -0.4 is 4.74 Å². The third-order valence-electron chi connectivity index (χ3n) is 2.61. The first-order valence-electron chi connectivity index (χ1n) is 6.83. The van der Waals surface area contributed by atoms with E-state index in [9.17, 15) is 9.90 Å². The van der Waals surface area contributed by atoms with Crippen molar-refractivity contribution in [3.63, 3.8) is 0 Å². The van der Waals surface area contributed by atoms with Crippen LogP contribution in [-0.2, 0) is 4.79 Å². The van der Waals surface area contributed by atoms with E-state index in [0.717, 1.165) is 11.8 Å². The second-order valence-electron chi connectivity index (χ2n) is 4.97. The number of carboxylic acids is 1. The van der Waals surface area contributed by atoms with Crippen LogP contribution in [0.25, 0.3) is 6.08 Å². The van der Waals surface area contributed by atoms with E-state index < -0.39 is 5.97 Å². The van der Waals surface area contributed by atoms with E-state index in [2.05, 4.69) is 15.2 Å². The molecule has 1 heterocycles. The number of aliphatic carboxylic acids is 1. The van der Waals surface area contributed by atoms with Crippen LogP contribution in [-0.4, -0.2) is 32.4 Å². The second-order valence-corrected chi connectivity index (χ2v) is 6.41. The number of aryl methyl sites for hydroxylation is 1. The summed E-state index contributed by atoms with van der Waals surface area (Å²) >= 11 is 6.97. The van der Waals surface area contributed by atoms with Gasteiger partial charge in [-0.3, -0.25) is 5.10 Å². The Morgan fingerprint density at radius 2 is 2.22 bits per heavy atom. The highest BCUT2D eigenvalue weighted by molar-refractivity contribution is 8.04. The lowest BCUT2D eigenvalue weighted by Crippen LogP contribution is -2.07. The van der Waals surface area contributed by atoms with Gasteiger partial charge in [0.2, 0.25) is 5.16 Å². The van der Waals surface area contributed by atoms with Gasteiger partial charge in [-0.15, -0.1) is 5.10 Å². The van der Waals surface area contributed by atoms with Crippen LogP contribution in [0, 0.1) is 6.92 Å². The first-order chi connectivity index (χ1) is 10.8. The minimum atomic E-state index is -1.08. The lowest BCUT2D eigenvalue weighted by Gasteiger charge is -2.13. The molecule has 8 heteroatoms. The first kappa shape index (κ1) is 17.4. The number of carbonyl (C=O) groups is 1. The fraction of sp³-hybridized carbons (Fsp3) is 0.267. The predicted molar refractivity (Wildman–Crippen MR) is 89.8 cm³/mol. The third-order valence-corrected chi connectivity index (χ3v) is 3.72. The van der Waals surface area contributed by atoms with Crippen LogP contribution in [0.2, 0.25) is 5.02 Å². The first-order valence-corrected chi connectivity index (χ1v) is 8.02. The number of halogens is 1. The normalized spacial score (nSPS) is 11.8. The summed E-state index contributed by atoms with van der Waals surface area (Å²) in [6.07, 6.45) is 1.46. The Morgan fingerprint density at radius 1 is 1.48 bits per heavy atom. The second kappa shape index (κ2) is 7.52. The molecule has 2 N–H and O–H groups in total. The summed E-state index contributed by atoms with van der Waals surface area (Å²) in [7, 11) is 0. The van der Waals surface area contributed by atoms with Crippen molar-refractivity contribution in [1.82, 2.24) is 15.2 Å². The zero-order chi connectivity index (χ0) is 17.0. The van der Waals surface area contributed by atoms with Gasteiger partial charge in [-0.25, -0.2) is 9.78 Å². The molecule has 0 unspecified atom stereocenters. The van der Waals surface area contributed by atoms with Crippen molar-refractivity contribution in [2.45, 2.75) is 32.0 Å². The molecular formula is C15H16ClN3O3S. The van der Waals surface area contributed by atoms with E-state index in [-0.39, 0.29) is 11.0 Å². The van der Waals surface area contributed by atoms with Gasteiger partial charge < -0.3 is 9.84 Å². The van der Waals surface area contributed by atoms with Gasteiger partial charge in [-0.05, 0) is 56.8 Å². The van der Waals surface area contributed by atoms with Crippen LogP contribution in [0.4, 0.5) is 0 Å². The molecule has 0 aliphatic heterocycles. The van der Waals surface area contributed by atoms with Crippen molar-refractivity contribution in [2.75, 3.05) is 0 Å². The minimum Gasteiger partial charge on any atom is -0.490 e. The number of thioether (sulfide) groups is 1. The van der Waals surface area contributed by atoms with Gasteiger partial charge in [0.25, 0.3) is 0 Å². The number of nitrogens with one attached hydrogen (secondary N) is 1. The Kier molecular flexibility index (Phi) is 5.68. The molecule has 2 aromatic rings. The van der Waals surface area contributed by atoms with Crippen molar-refractivity contribution in [2.24, 2.45) is 0 Å². The molecule has 0 saturated heterocycles. The molecular weight excluding hydrogens is 338 g/mol. The van der Waals surface area contributed by atoms with E-state index in [4.69, 9.17) is 16.3 Å². The molecule has 23 heavy (non-hydrogen) atoms. The Morgan fingerprint density at radius 3 is 2.78 bits per heavy atom. The van der Waals surface area contributed by atoms with E-state index >= 15 is 0 Å². The smallest absolute Gasteiger partial charge is 0.342 e. The summed E-state index contributed by atoms with van der Waals surface area (Å²) in [5.74, 6) is 0.103. The lowest BCUT2D eigenvalue weighted by molar-refractivity contribution is -0.131. The molecule has 1 aromatic carbocycles. The number of hydrogen-bond donors (Lipinski definition) is 2. The molecule has 0 saturated carbocycles. The highest BCUT2D eigenvalue weighted by atomic mass is 35.5. The molecule has 0 bridgehead atoms. The Labute approximate surface area is 142 Å². The molecule has 0 fully saturated rings. The minimum absolute atomic E-state index is 0.0417. The summed E-state index contributed by atoms with van der Waals surface area (Å²) in [4.78, 5) is 15.7. The van der Waals surface area contributed by atoms with E-state index in [1.54, 1.807) is 25.1 Å². The number of nitrogens with zero attached hydrogens (tertiary/aromatic N) is 2. The van der Waals surface area contributed by atoms with Gasteiger partial charge >= 0.3 is 5.97 Å². The maximum absolute atomic E-state index is 11.5. The zero-order valence-electron chi connectivity index (χ0n) is 12.8. The molecule has 2 rings (SSSR count). The van der Waals surface area contributed by atoms with Gasteiger partial charge in [-0.2, -0.15) is 0 Å². The number of carboxylic acid groups (broad SMARTS) is 1. The standard InChI is InChI=1S/C15H16ClN3O3S/c1-8(2)22-12-5-4-11(16)6-10(12)7-13(14(20)21)23-15-17-9(3)18-19-15/h4-8H,1-3H3,(H,20,21)(H,17,18,19)/b13-7+.